The van der Waals surface area contributed by atoms with Crippen LogP contribution < -0.4 is 0 Å². The van der Waals surface area contributed by atoms with Gasteiger partial charge in [0.05, 0.1) is 0 Å². The quantitative estimate of drug-likeness (QED) is 0.501. The fourth-order valence-electron chi connectivity index (χ4n) is 1.50. The highest BCUT2D eigenvalue weighted by Crippen LogP contribution is 2.15. The minimum Gasteiger partial charge on any atom is -0.343 e. The van der Waals surface area contributed by atoms with Gasteiger partial charge in [-0.3, -0.25) is 4.90 Å². The molecule has 0 aromatic carbocycles. The van der Waals surface area contributed by atoms with Crippen LogP contribution in [0.3, 0.4) is 0 Å². The minimum absolute atomic E-state index is 0.0322. The van der Waals surface area contributed by atoms with Gasteiger partial charge in [0.15, 0.2) is 0 Å². The molecular formula is C10H19FN2O. The molecule has 0 aromatic rings. The molecular weight excluding hydrogens is 183 g/mol. The lowest BCUT2D eigenvalue weighted by Gasteiger charge is -2.29. The zero-order chi connectivity index (χ0) is 10.4. The van der Waals surface area contributed by atoms with Crippen molar-refractivity contribution >= 4 is 0 Å². The second-order valence-electron chi connectivity index (χ2n) is 3.85. The molecule has 3 nitrogen and oxygen atoms in total. The zero-order valence-corrected chi connectivity index (χ0v) is 8.79. The average molecular weight is 202 g/mol. The third-order valence-electron chi connectivity index (χ3n) is 2.56. The van der Waals surface area contributed by atoms with Gasteiger partial charge in [0, 0.05) is 19.3 Å². The fraction of sp³-hybridized carbons (Fsp3) is 0.800. The van der Waals surface area contributed by atoms with E-state index in [1.807, 2.05) is 0 Å². The van der Waals surface area contributed by atoms with E-state index >= 15 is 0 Å². The van der Waals surface area contributed by atoms with E-state index in [1.54, 1.807) is 0 Å². The molecule has 0 bridgehead atoms. The summed E-state index contributed by atoms with van der Waals surface area (Å²) in [6.07, 6.45) is 3.53. The smallest absolute Gasteiger partial charge is 0.149 e. The summed E-state index contributed by atoms with van der Waals surface area (Å²) in [6.45, 7) is 8.15. The van der Waals surface area contributed by atoms with Gasteiger partial charge in [-0.15, -0.1) is 0 Å². The van der Waals surface area contributed by atoms with Gasteiger partial charge in [-0.1, -0.05) is 18.0 Å². The summed E-state index contributed by atoms with van der Waals surface area (Å²) < 4.78 is 17.7. The van der Waals surface area contributed by atoms with Gasteiger partial charge in [0.1, 0.15) is 13.5 Å². The van der Waals surface area contributed by atoms with Crippen molar-refractivity contribution in [3.63, 3.8) is 0 Å². The van der Waals surface area contributed by atoms with Crippen molar-refractivity contribution in [1.82, 2.24) is 10.0 Å². The van der Waals surface area contributed by atoms with Gasteiger partial charge in [-0.25, -0.2) is 0 Å². The molecule has 4 heteroatoms. The standard InChI is InChI=1S/C10H19FN2O/c1-3-13(11)9-14-8-12-6-4-10(2)5-7-12/h3,10H,1,4-9H2,2H3. The molecule has 0 spiro atoms. The number of halogens is 1. The summed E-state index contributed by atoms with van der Waals surface area (Å²) in [7, 11) is 0. The molecule has 0 aliphatic carbocycles. The number of hydrogen-bond acceptors (Lipinski definition) is 3. The Morgan fingerprint density at radius 2 is 2.21 bits per heavy atom. The molecule has 0 atom stereocenters. The van der Waals surface area contributed by atoms with Crippen LogP contribution in [-0.2, 0) is 4.74 Å². The van der Waals surface area contributed by atoms with E-state index in [-0.39, 0.29) is 6.73 Å². The number of hydrogen-bond donors (Lipinski definition) is 0. The fourth-order valence-corrected chi connectivity index (χ4v) is 1.50. The summed E-state index contributed by atoms with van der Waals surface area (Å²) in [6, 6.07) is 0. The van der Waals surface area contributed by atoms with Crippen molar-refractivity contribution in [2.75, 3.05) is 26.6 Å². The lowest BCUT2D eigenvalue weighted by atomic mass is 10.00. The molecule has 82 valence electrons. The van der Waals surface area contributed by atoms with Gasteiger partial charge >= 0.3 is 0 Å². The molecule has 1 aliphatic heterocycles. The number of rotatable bonds is 5. The van der Waals surface area contributed by atoms with Gasteiger partial charge in [-0.2, -0.15) is 5.12 Å². The van der Waals surface area contributed by atoms with E-state index in [1.165, 1.54) is 12.8 Å². The van der Waals surface area contributed by atoms with E-state index in [2.05, 4.69) is 18.4 Å². The molecule has 0 aromatic heterocycles. The Kier molecular flexibility index (Phi) is 4.90. The SMILES string of the molecule is C=CN(F)COCN1CCC(C)CC1. The van der Waals surface area contributed by atoms with Gasteiger partial charge in [-0.05, 0) is 18.8 Å². The first-order valence-electron chi connectivity index (χ1n) is 5.07. The summed E-state index contributed by atoms with van der Waals surface area (Å²) >= 11 is 0. The van der Waals surface area contributed by atoms with Gasteiger partial charge in [0.25, 0.3) is 0 Å². The van der Waals surface area contributed by atoms with Crippen LogP contribution in [0.2, 0.25) is 0 Å². The second-order valence-corrected chi connectivity index (χ2v) is 3.85. The molecule has 14 heavy (non-hydrogen) atoms. The van der Waals surface area contributed by atoms with E-state index in [9.17, 15) is 4.48 Å². The maximum atomic E-state index is 12.5. The predicted molar refractivity (Wildman–Crippen MR) is 53.9 cm³/mol. The number of likely N-dealkylation sites (tertiary alicyclic amines) is 1. The van der Waals surface area contributed by atoms with Crippen molar-refractivity contribution in [2.24, 2.45) is 5.92 Å². The van der Waals surface area contributed by atoms with Crippen molar-refractivity contribution in [3.8, 4) is 0 Å². The highest BCUT2D eigenvalue weighted by atomic mass is 19.2. The summed E-state index contributed by atoms with van der Waals surface area (Å²) in [5.41, 5.74) is 0. The van der Waals surface area contributed by atoms with Gasteiger partial charge < -0.3 is 4.74 Å². The van der Waals surface area contributed by atoms with Crippen molar-refractivity contribution in [1.29, 1.82) is 0 Å². The first kappa shape index (κ1) is 11.5. The van der Waals surface area contributed by atoms with Crippen LogP contribution in [0.4, 0.5) is 4.48 Å². The average Bonchev–Trinajstić information content (AvgIpc) is 2.21. The third kappa shape index (κ3) is 4.07. The van der Waals surface area contributed by atoms with Crippen LogP contribution in [0.1, 0.15) is 19.8 Å². The first-order valence-corrected chi connectivity index (χ1v) is 5.07. The van der Waals surface area contributed by atoms with E-state index in [0.29, 0.717) is 11.9 Å². The third-order valence-corrected chi connectivity index (χ3v) is 2.56. The summed E-state index contributed by atoms with van der Waals surface area (Å²) in [5.74, 6) is 0.817. The number of ether oxygens (including phenoxy) is 1. The molecule has 1 aliphatic rings. The summed E-state index contributed by atoms with van der Waals surface area (Å²) in [4.78, 5) is 2.21. The monoisotopic (exact) mass is 202 g/mol. The van der Waals surface area contributed by atoms with Crippen molar-refractivity contribution in [2.45, 2.75) is 19.8 Å². The van der Waals surface area contributed by atoms with Crippen molar-refractivity contribution < 1.29 is 9.22 Å². The maximum absolute atomic E-state index is 12.5. The van der Waals surface area contributed by atoms with Crippen LogP contribution in [0.5, 0.6) is 0 Å². The topological polar surface area (TPSA) is 15.7 Å². The highest BCUT2D eigenvalue weighted by Gasteiger charge is 2.15. The van der Waals surface area contributed by atoms with E-state index in [4.69, 9.17) is 4.74 Å². The molecule has 0 N–H and O–H groups in total. The Morgan fingerprint density at radius 1 is 1.57 bits per heavy atom. The first-order chi connectivity index (χ1) is 6.72. The minimum atomic E-state index is -0.0322. The molecule has 0 saturated carbocycles. The Morgan fingerprint density at radius 3 is 2.79 bits per heavy atom. The zero-order valence-electron chi connectivity index (χ0n) is 8.79. The maximum Gasteiger partial charge on any atom is 0.149 e. The molecule has 1 saturated heterocycles. The lowest BCUT2D eigenvalue weighted by molar-refractivity contribution is -0.0835. The highest BCUT2D eigenvalue weighted by molar-refractivity contribution is 4.67. The van der Waals surface area contributed by atoms with E-state index < -0.39 is 0 Å². The Balaban J connectivity index is 2.04. The van der Waals surface area contributed by atoms with E-state index in [0.717, 1.165) is 25.2 Å². The molecule has 1 heterocycles. The van der Waals surface area contributed by atoms with Crippen molar-refractivity contribution in [3.05, 3.63) is 12.8 Å². The van der Waals surface area contributed by atoms with Crippen LogP contribution >= 0.6 is 0 Å². The predicted octanol–water partition coefficient (Wildman–Crippen LogP) is 1.98. The van der Waals surface area contributed by atoms with Crippen LogP contribution in [0.25, 0.3) is 0 Å². The number of piperidine rings is 1. The van der Waals surface area contributed by atoms with Crippen LogP contribution in [0.15, 0.2) is 12.8 Å². The normalized spacial score (nSPS) is 19.6. The molecule has 0 radical (unpaired) electrons. The number of nitrogens with zero attached hydrogens (tertiary/aromatic N) is 2. The van der Waals surface area contributed by atoms with Crippen LogP contribution in [-0.4, -0.2) is 36.6 Å². The lowest BCUT2D eigenvalue weighted by Crippen LogP contribution is -2.35. The molecule has 0 amide bonds. The Bertz CT molecular complexity index is 170. The Labute approximate surface area is 85.1 Å². The molecule has 0 unspecified atom stereocenters. The van der Waals surface area contributed by atoms with Gasteiger partial charge in [0.2, 0.25) is 0 Å². The molecule has 1 rings (SSSR count). The second kappa shape index (κ2) is 5.98. The summed E-state index contributed by atoms with van der Waals surface area (Å²) in [5, 5.41) is 0.437. The largest absolute Gasteiger partial charge is 0.343 e. The van der Waals surface area contributed by atoms with Crippen LogP contribution in [0, 0.1) is 5.92 Å². The Hall–Kier alpha value is -0.610. The molecule has 1 fully saturated rings.